The Morgan fingerprint density at radius 3 is 2.74 bits per heavy atom. The van der Waals surface area contributed by atoms with Gasteiger partial charge in [0.25, 0.3) is 0 Å². The molecule has 1 heterocycles. The molecule has 1 aliphatic heterocycles. The van der Waals surface area contributed by atoms with E-state index in [4.69, 9.17) is 0 Å². The quantitative estimate of drug-likeness (QED) is 0.888. The fourth-order valence-corrected chi connectivity index (χ4v) is 3.88. The number of sulfonamides is 1. The van der Waals surface area contributed by atoms with Gasteiger partial charge in [-0.25, -0.2) is 12.8 Å². The van der Waals surface area contributed by atoms with Gasteiger partial charge in [-0.05, 0) is 50.9 Å². The van der Waals surface area contributed by atoms with Crippen LogP contribution in [0, 0.1) is 18.7 Å². The molecule has 0 amide bonds. The van der Waals surface area contributed by atoms with Crippen molar-refractivity contribution in [2.75, 3.05) is 23.6 Å². The van der Waals surface area contributed by atoms with E-state index in [1.165, 1.54) is 12.1 Å². The van der Waals surface area contributed by atoms with Crippen molar-refractivity contribution >= 4 is 15.7 Å². The molecule has 0 saturated carbocycles. The molecule has 0 bridgehead atoms. The highest BCUT2D eigenvalue weighted by Crippen LogP contribution is 2.21. The first-order chi connectivity index (χ1) is 8.98. The van der Waals surface area contributed by atoms with E-state index in [0.29, 0.717) is 11.3 Å². The van der Waals surface area contributed by atoms with Crippen LogP contribution in [0.1, 0.15) is 18.4 Å². The summed E-state index contributed by atoms with van der Waals surface area (Å²) in [5, 5.41) is 3.20. The van der Waals surface area contributed by atoms with E-state index in [9.17, 15) is 12.8 Å². The summed E-state index contributed by atoms with van der Waals surface area (Å²) in [5.41, 5.74) is 0.658. The minimum atomic E-state index is -3.42. The summed E-state index contributed by atoms with van der Waals surface area (Å²) < 4.78 is 40.0. The normalized spacial score (nSPS) is 17.4. The Morgan fingerprint density at radius 2 is 2.05 bits per heavy atom. The molecule has 1 fully saturated rings. The molecule has 0 unspecified atom stereocenters. The first kappa shape index (κ1) is 14.3. The Labute approximate surface area is 113 Å². The summed E-state index contributed by atoms with van der Waals surface area (Å²) in [4.78, 5) is 0. The standard InChI is InChI=1S/C13H19FN2O2S/c1-10-12(14)3-2-4-13(10)16-19(17,18)9-11-5-7-15-8-6-11/h2-4,11,15-16H,5-9H2,1H3. The maximum Gasteiger partial charge on any atom is 0.233 e. The van der Waals surface area contributed by atoms with Crippen molar-refractivity contribution in [1.29, 1.82) is 0 Å². The Bertz CT molecular complexity index is 540. The molecule has 6 heteroatoms. The molecule has 106 valence electrons. The van der Waals surface area contributed by atoms with Crippen LogP contribution < -0.4 is 10.0 Å². The molecular weight excluding hydrogens is 267 g/mol. The van der Waals surface area contributed by atoms with E-state index in [1.54, 1.807) is 13.0 Å². The van der Waals surface area contributed by atoms with Crippen LogP contribution in [0.4, 0.5) is 10.1 Å². The van der Waals surface area contributed by atoms with Crippen LogP contribution in [0.15, 0.2) is 18.2 Å². The number of benzene rings is 1. The summed E-state index contributed by atoms with van der Waals surface area (Å²) >= 11 is 0. The topological polar surface area (TPSA) is 58.2 Å². The fourth-order valence-electron chi connectivity index (χ4n) is 2.29. The Kier molecular flexibility index (Phi) is 4.42. The molecule has 1 saturated heterocycles. The van der Waals surface area contributed by atoms with E-state index < -0.39 is 15.8 Å². The smallest absolute Gasteiger partial charge is 0.233 e. The van der Waals surface area contributed by atoms with Gasteiger partial charge in [0.2, 0.25) is 10.0 Å². The predicted octanol–water partition coefficient (Wildman–Crippen LogP) is 1.88. The highest BCUT2D eigenvalue weighted by Gasteiger charge is 2.21. The first-order valence-corrected chi connectivity index (χ1v) is 8.09. The minimum absolute atomic E-state index is 0.102. The maximum atomic E-state index is 13.4. The lowest BCUT2D eigenvalue weighted by atomic mass is 10.0. The largest absolute Gasteiger partial charge is 0.317 e. The van der Waals surface area contributed by atoms with Crippen LogP contribution >= 0.6 is 0 Å². The molecule has 19 heavy (non-hydrogen) atoms. The summed E-state index contributed by atoms with van der Waals surface area (Å²) in [6.07, 6.45) is 1.73. The fraction of sp³-hybridized carbons (Fsp3) is 0.538. The van der Waals surface area contributed by atoms with Crippen molar-refractivity contribution in [3.8, 4) is 0 Å². The predicted molar refractivity (Wildman–Crippen MR) is 74.1 cm³/mol. The average Bonchev–Trinajstić information content (AvgIpc) is 2.35. The molecule has 1 aromatic rings. The third-order valence-electron chi connectivity index (χ3n) is 3.45. The molecule has 0 atom stereocenters. The number of halogens is 1. The highest BCUT2D eigenvalue weighted by molar-refractivity contribution is 7.92. The van der Waals surface area contributed by atoms with Crippen LogP contribution in [0.2, 0.25) is 0 Å². The Morgan fingerprint density at radius 1 is 1.37 bits per heavy atom. The van der Waals surface area contributed by atoms with Gasteiger partial charge in [0, 0.05) is 5.56 Å². The van der Waals surface area contributed by atoms with Crippen molar-refractivity contribution < 1.29 is 12.8 Å². The maximum absolute atomic E-state index is 13.4. The Balaban J connectivity index is 2.06. The van der Waals surface area contributed by atoms with Crippen molar-refractivity contribution in [1.82, 2.24) is 5.32 Å². The van der Waals surface area contributed by atoms with Crippen LogP contribution in [0.25, 0.3) is 0 Å². The SMILES string of the molecule is Cc1c(F)cccc1NS(=O)(=O)CC1CCNCC1. The molecular formula is C13H19FN2O2S. The number of anilines is 1. The van der Waals surface area contributed by atoms with Crippen LogP contribution in [-0.4, -0.2) is 27.3 Å². The van der Waals surface area contributed by atoms with E-state index in [-0.39, 0.29) is 11.7 Å². The van der Waals surface area contributed by atoms with E-state index in [0.717, 1.165) is 25.9 Å². The summed E-state index contributed by atoms with van der Waals surface area (Å²) in [6.45, 7) is 3.29. The number of nitrogens with one attached hydrogen (secondary N) is 2. The van der Waals surface area contributed by atoms with E-state index in [1.807, 2.05) is 0 Å². The molecule has 2 rings (SSSR count). The van der Waals surface area contributed by atoms with Crippen molar-refractivity contribution in [3.05, 3.63) is 29.6 Å². The van der Waals surface area contributed by atoms with Gasteiger partial charge in [-0.15, -0.1) is 0 Å². The molecule has 1 aromatic carbocycles. The van der Waals surface area contributed by atoms with Crippen molar-refractivity contribution in [2.24, 2.45) is 5.92 Å². The number of hydrogen-bond acceptors (Lipinski definition) is 3. The van der Waals surface area contributed by atoms with Gasteiger partial charge < -0.3 is 5.32 Å². The zero-order chi connectivity index (χ0) is 13.9. The van der Waals surface area contributed by atoms with Crippen molar-refractivity contribution in [2.45, 2.75) is 19.8 Å². The number of hydrogen-bond donors (Lipinski definition) is 2. The summed E-state index contributed by atoms with van der Waals surface area (Å²) in [7, 11) is -3.42. The molecule has 0 spiro atoms. The molecule has 0 aliphatic carbocycles. The summed E-state index contributed by atoms with van der Waals surface area (Å²) in [5.74, 6) is -0.125. The molecule has 0 radical (unpaired) electrons. The van der Waals surface area contributed by atoms with Crippen molar-refractivity contribution in [3.63, 3.8) is 0 Å². The van der Waals surface area contributed by atoms with Gasteiger partial charge in [-0.3, -0.25) is 4.72 Å². The van der Waals surface area contributed by atoms with Crippen LogP contribution in [0.5, 0.6) is 0 Å². The van der Waals surface area contributed by atoms with Gasteiger partial charge in [0.15, 0.2) is 0 Å². The third kappa shape index (κ3) is 3.91. The minimum Gasteiger partial charge on any atom is -0.317 e. The monoisotopic (exact) mass is 286 g/mol. The van der Waals surface area contributed by atoms with Gasteiger partial charge >= 0.3 is 0 Å². The highest BCUT2D eigenvalue weighted by atomic mass is 32.2. The van der Waals surface area contributed by atoms with E-state index in [2.05, 4.69) is 10.0 Å². The Hall–Kier alpha value is -1.14. The molecule has 0 aromatic heterocycles. The molecule has 2 N–H and O–H groups in total. The molecule has 4 nitrogen and oxygen atoms in total. The number of rotatable bonds is 4. The second-order valence-electron chi connectivity index (χ2n) is 4.99. The third-order valence-corrected chi connectivity index (χ3v) is 4.89. The lowest BCUT2D eigenvalue weighted by Gasteiger charge is -2.22. The van der Waals surface area contributed by atoms with Gasteiger partial charge in [0.1, 0.15) is 5.82 Å². The second-order valence-corrected chi connectivity index (χ2v) is 6.76. The van der Waals surface area contributed by atoms with Gasteiger partial charge in [-0.1, -0.05) is 6.07 Å². The molecule has 1 aliphatic rings. The lowest BCUT2D eigenvalue weighted by molar-refractivity contribution is 0.402. The lowest BCUT2D eigenvalue weighted by Crippen LogP contribution is -2.33. The zero-order valence-corrected chi connectivity index (χ0v) is 11.8. The number of piperidine rings is 1. The first-order valence-electron chi connectivity index (χ1n) is 6.44. The van der Waals surface area contributed by atoms with E-state index >= 15 is 0 Å². The van der Waals surface area contributed by atoms with Gasteiger partial charge in [-0.2, -0.15) is 0 Å². The van der Waals surface area contributed by atoms with Gasteiger partial charge in [0.05, 0.1) is 11.4 Å². The second kappa shape index (κ2) is 5.88. The summed E-state index contributed by atoms with van der Waals surface area (Å²) in [6, 6.07) is 4.41. The van der Waals surface area contributed by atoms with Crippen LogP contribution in [0.3, 0.4) is 0 Å². The average molecular weight is 286 g/mol. The zero-order valence-electron chi connectivity index (χ0n) is 10.9. The van der Waals surface area contributed by atoms with Crippen LogP contribution in [-0.2, 0) is 10.0 Å².